The van der Waals surface area contributed by atoms with E-state index in [-0.39, 0.29) is 0 Å². The van der Waals surface area contributed by atoms with Gasteiger partial charge in [0.15, 0.2) is 0 Å². The number of nitrogens with zero attached hydrogens (tertiary/aromatic N) is 3. The molecular formula is C34H42N4. The second kappa shape index (κ2) is 11.9. The molecule has 3 aromatic rings. The fourth-order valence-corrected chi connectivity index (χ4v) is 6.45. The predicted octanol–water partition coefficient (Wildman–Crippen LogP) is 5.72. The molecule has 0 saturated carbocycles. The van der Waals surface area contributed by atoms with Gasteiger partial charge in [-0.1, -0.05) is 72.8 Å². The topological polar surface area (TPSA) is 21.8 Å². The number of rotatable bonds is 8. The highest BCUT2D eigenvalue weighted by molar-refractivity contribution is 5.89. The standard InChI is InChI=1S/C34H42N4/c1-27(28-8-3-2-4-9-28)37-22-20-36(21-23-37)19-16-35-33-14-17-38(18-15-33)34-13-7-12-31(26-34)32-24-29-10-5-6-11-30(29)25-32/h2-13,24,26-27,33,35H,14-23,25H2,1H3. The van der Waals surface area contributed by atoms with E-state index in [1.165, 1.54) is 59.4 Å². The Morgan fingerprint density at radius 3 is 2.37 bits per heavy atom. The minimum atomic E-state index is 0.508. The summed E-state index contributed by atoms with van der Waals surface area (Å²) >= 11 is 0. The fraction of sp³-hybridized carbons (Fsp3) is 0.412. The van der Waals surface area contributed by atoms with Crippen LogP contribution in [0, 0.1) is 0 Å². The van der Waals surface area contributed by atoms with Crippen LogP contribution in [0.2, 0.25) is 0 Å². The molecule has 0 aromatic heterocycles. The van der Waals surface area contributed by atoms with Gasteiger partial charge in [0.25, 0.3) is 0 Å². The Kier molecular flexibility index (Phi) is 7.91. The van der Waals surface area contributed by atoms with Crippen LogP contribution in [0.3, 0.4) is 0 Å². The Bertz CT molecular complexity index is 1220. The monoisotopic (exact) mass is 506 g/mol. The van der Waals surface area contributed by atoms with Crippen molar-refractivity contribution >= 4 is 17.3 Å². The van der Waals surface area contributed by atoms with Crippen LogP contribution in [0.15, 0.2) is 78.9 Å². The van der Waals surface area contributed by atoms with Crippen molar-refractivity contribution in [1.29, 1.82) is 0 Å². The molecule has 0 spiro atoms. The number of benzene rings is 3. The SMILES string of the molecule is CC(c1ccccc1)N1CCN(CCNC2CCN(c3cccc(C4=Cc5ccccc5C4)c3)CC2)CC1. The highest BCUT2D eigenvalue weighted by Gasteiger charge is 2.23. The number of nitrogens with one attached hydrogen (secondary N) is 1. The average Bonchev–Trinajstić information content (AvgIpc) is 3.43. The minimum Gasteiger partial charge on any atom is -0.371 e. The van der Waals surface area contributed by atoms with E-state index in [2.05, 4.69) is 112 Å². The van der Waals surface area contributed by atoms with E-state index < -0.39 is 0 Å². The van der Waals surface area contributed by atoms with Crippen molar-refractivity contribution in [2.24, 2.45) is 0 Å². The summed E-state index contributed by atoms with van der Waals surface area (Å²) in [4.78, 5) is 7.85. The normalized spacial score (nSPS) is 19.8. The van der Waals surface area contributed by atoms with E-state index >= 15 is 0 Å². The van der Waals surface area contributed by atoms with Crippen LogP contribution in [-0.4, -0.2) is 68.2 Å². The van der Waals surface area contributed by atoms with Crippen LogP contribution in [-0.2, 0) is 6.42 Å². The van der Waals surface area contributed by atoms with Gasteiger partial charge in [0.05, 0.1) is 0 Å². The molecule has 2 heterocycles. The predicted molar refractivity (Wildman–Crippen MR) is 161 cm³/mol. The van der Waals surface area contributed by atoms with E-state index in [1.54, 1.807) is 0 Å². The van der Waals surface area contributed by atoms with E-state index in [1.807, 2.05) is 0 Å². The lowest BCUT2D eigenvalue weighted by Gasteiger charge is -2.39. The summed E-state index contributed by atoms with van der Waals surface area (Å²) in [7, 11) is 0. The first-order chi connectivity index (χ1) is 18.7. The summed E-state index contributed by atoms with van der Waals surface area (Å²) < 4.78 is 0. The number of allylic oxidation sites excluding steroid dienone is 1. The van der Waals surface area contributed by atoms with Crippen molar-refractivity contribution in [3.05, 3.63) is 101 Å². The van der Waals surface area contributed by atoms with Crippen molar-refractivity contribution in [1.82, 2.24) is 15.1 Å². The van der Waals surface area contributed by atoms with Gasteiger partial charge in [0.1, 0.15) is 0 Å². The third-order valence-electron chi connectivity index (χ3n) is 8.94. The van der Waals surface area contributed by atoms with Gasteiger partial charge in [-0.15, -0.1) is 0 Å². The average molecular weight is 507 g/mol. The third-order valence-corrected chi connectivity index (χ3v) is 8.94. The first kappa shape index (κ1) is 25.4. The zero-order chi connectivity index (χ0) is 25.7. The second-order valence-corrected chi connectivity index (χ2v) is 11.3. The highest BCUT2D eigenvalue weighted by atomic mass is 15.3. The van der Waals surface area contributed by atoms with Crippen LogP contribution >= 0.6 is 0 Å². The molecule has 1 unspecified atom stereocenters. The second-order valence-electron chi connectivity index (χ2n) is 11.3. The molecule has 1 N–H and O–H groups in total. The highest BCUT2D eigenvalue weighted by Crippen LogP contribution is 2.33. The van der Waals surface area contributed by atoms with E-state index in [0.717, 1.165) is 45.7 Å². The summed E-state index contributed by atoms with van der Waals surface area (Å²) in [6.45, 7) is 11.6. The minimum absolute atomic E-state index is 0.508. The van der Waals surface area contributed by atoms with E-state index in [9.17, 15) is 0 Å². The molecule has 1 atom stereocenters. The van der Waals surface area contributed by atoms with Crippen molar-refractivity contribution in [2.75, 3.05) is 57.3 Å². The summed E-state index contributed by atoms with van der Waals surface area (Å²) in [6, 6.07) is 30.1. The van der Waals surface area contributed by atoms with Gasteiger partial charge in [0.2, 0.25) is 0 Å². The molecule has 4 nitrogen and oxygen atoms in total. The molecule has 38 heavy (non-hydrogen) atoms. The van der Waals surface area contributed by atoms with Gasteiger partial charge in [-0.05, 0) is 66.1 Å². The van der Waals surface area contributed by atoms with Crippen LogP contribution in [0.1, 0.15) is 48.1 Å². The van der Waals surface area contributed by atoms with Gasteiger partial charge < -0.3 is 10.2 Å². The summed E-state index contributed by atoms with van der Waals surface area (Å²) in [5.74, 6) is 0. The maximum absolute atomic E-state index is 3.88. The Morgan fingerprint density at radius 2 is 1.58 bits per heavy atom. The smallest absolute Gasteiger partial charge is 0.0372 e. The lowest BCUT2D eigenvalue weighted by molar-refractivity contribution is 0.102. The maximum atomic E-state index is 3.88. The number of fused-ring (bicyclic) bond motifs is 1. The lowest BCUT2D eigenvalue weighted by Crippen LogP contribution is -2.50. The molecule has 1 aliphatic carbocycles. The molecule has 3 aliphatic rings. The maximum Gasteiger partial charge on any atom is 0.0372 e. The molecule has 0 bridgehead atoms. The van der Waals surface area contributed by atoms with Crippen LogP contribution in [0.25, 0.3) is 11.6 Å². The van der Waals surface area contributed by atoms with Crippen molar-refractivity contribution < 1.29 is 0 Å². The van der Waals surface area contributed by atoms with Gasteiger partial charge in [0, 0.05) is 70.1 Å². The zero-order valence-electron chi connectivity index (χ0n) is 22.9. The van der Waals surface area contributed by atoms with Crippen molar-refractivity contribution in [3.8, 4) is 0 Å². The van der Waals surface area contributed by atoms with Crippen LogP contribution < -0.4 is 10.2 Å². The quantitative estimate of drug-likeness (QED) is 0.422. The van der Waals surface area contributed by atoms with Gasteiger partial charge in [-0.3, -0.25) is 9.80 Å². The molecule has 2 saturated heterocycles. The molecular weight excluding hydrogens is 464 g/mol. The molecule has 0 amide bonds. The Labute approximate surface area is 229 Å². The molecule has 3 aromatic carbocycles. The Morgan fingerprint density at radius 1 is 0.816 bits per heavy atom. The van der Waals surface area contributed by atoms with Gasteiger partial charge in [-0.25, -0.2) is 0 Å². The zero-order valence-corrected chi connectivity index (χ0v) is 22.9. The Hall–Kier alpha value is -2.92. The number of hydrogen-bond donors (Lipinski definition) is 1. The van der Waals surface area contributed by atoms with E-state index in [4.69, 9.17) is 0 Å². The summed E-state index contributed by atoms with van der Waals surface area (Å²) in [5.41, 5.74) is 8.45. The van der Waals surface area contributed by atoms with Crippen molar-refractivity contribution in [2.45, 2.75) is 38.3 Å². The summed E-state index contributed by atoms with van der Waals surface area (Å²) in [6.07, 6.45) is 5.86. The lowest BCUT2D eigenvalue weighted by atomic mass is 10.0. The molecule has 2 aliphatic heterocycles. The molecule has 0 radical (unpaired) electrons. The summed E-state index contributed by atoms with van der Waals surface area (Å²) in [5, 5.41) is 3.88. The van der Waals surface area contributed by atoms with Gasteiger partial charge >= 0.3 is 0 Å². The Balaban J connectivity index is 0.924. The largest absolute Gasteiger partial charge is 0.371 e. The molecule has 2 fully saturated rings. The van der Waals surface area contributed by atoms with E-state index in [0.29, 0.717) is 12.1 Å². The van der Waals surface area contributed by atoms with Gasteiger partial charge in [-0.2, -0.15) is 0 Å². The molecule has 198 valence electrons. The third kappa shape index (κ3) is 5.88. The number of piperidine rings is 1. The fourth-order valence-electron chi connectivity index (χ4n) is 6.45. The molecule has 6 rings (SSSR count). The first-order valence-corrected chi connectivity index (χ1v) is 14.6. The molecule has 4 heteroatoms. The number of piperazine rings is 1. The van der Waals surface area contributed by atoms with Crippen LogP contribution in [0.5, 0.6) is 0 Å². The van der Waals surface area contributed by atoms with Crippen molar-refractivity contribution in [3.63, 3.8) is 0 Å². The number of hydrogen-bond acceptors (Lipinski definition) is 4. The van der Waals surface area contributed by atoms with Crippen LogP contribution in [0.4, 0.5) is 5.69 Å². The number of anilines is 1. The first-order valence-electron chi connectivity index (χ1n) is 14.6.